The molecular formula is C28H30BrClN2O13. The number of rotatable bonds is 7. The van der Waals surface area contributed by atoms with E-state index in [2.05, 4.69) is 20.9 Å². The molecule has 0 bridgehead atoms. The minimum Gasteiger partial charge on any atom is -0.506 e. The SMILES string of the molecule is OC[C@H]1O[C@](Oc2c[nH]c3ccccc23)(O[C@H]2O[C@](Br)(CO)[C@@](O)(Cl)[C@@](O)(n3cc(O)c4ccccc43)[C@H]2O)[C@H](O)[C@@H](O)[C@H]1O. The summed E-state index contributed by atoms with van der Waals surface area (Å²) in [5, 5.41) is 96.5. The molecule has 45 heavy (non-hydrogen) atoms. The van der Waals surface area contributed by atoms with E-state index >= 15 is 0 Å². The largest absolute Gasteiger partial charge is 0.506 e. The Balaban J connectivity index is 1.50. The summed E-state index contributed by atoms with van der Waals surface area (Å²) in [6, 6.07) is 12.8. The number of aromatic nitrogens is 2. The third-order valence-corrected chi connectivity index (χ3v) is 10.0. The van der Waals surface area contributed by atoms with Gasteiger partial charge in [0.05, 0.1) is 18.7 Å². The number of fused-ring (bicyclic) bond motifs is 2. The van der Waals surface area contributed by atoms with Gasteiger partial charge in [-0.25, -0.2) is 0 Å². The molecule has 2 saturated heterocycles. The summed E-state index contributed by atoms with van der Waals surface area (Å²) in [7, 11) is 0. The van der Waals surface area contributed by atoms with Crippen molar-refractivity contribution in [2.75, 3.05) is 13.2 Å². The van der Waals surface area contributed by atoms with Crippen molar-refractivity contribution < 1.29 is 64.9 Å². The molecule has 10 atom stereocenters. The van der Waals surface area contributed by atoms with Crippen LogP contribution in [0.5, 0.6) is 11.5 Å². The number of aliphatic hydroxyl groups excluding tert-OH is 6. The number of aromatic hydroxyl groups is 1. The molecule has 4 aromatic rings. The Bertz CT molecular complexity index is 1700. The number of halogens is 2. The van der Waals surface area contributed by atoms with E-state index in [1.165, 1.54) is 18.3 Å². The molecule has 2 aliphatic heterocycles. The molecule has 2 aromatic heterocycles. The fourth-order valence-corrected chi connectivity index (χ4v) is 6.51. The Morgan fingerprint density at radius 1 is 0.933 bits per heavy atom. The zero-order valence-electron chi connectivity index (χ0n) is 23.0. The van der Waals surface area contributed by atoms with Crippen LogP contribution in [0.3, 0.4) is 0 Å². The standard InChI is InChI=1S/C28H30BrClN2O13/c29-25(12-34)28(30,41)26(40,32-10-17(35)14-6-2-4-8-16(14)32)23(39)24(44-25)45-27(22(38)21(37)20(36)19(11-33)43-27)42-18-9-31-15-7-3-1-5-13(15)18/h1-10,19-24,31,33-41H,11-12H2/t19-,20+,21+,22-,23+,24-,25-,26-,27+,28+/m1/s1. The van der Waals surface area contributed by atoms with Gasteiger partial charge < -0.3 is 69.7 Å². The van der Waals surface area contributed by atoms with Crippen LogP contribution in [0.1, 0.15) is 0 Å². The quantitative estimate of drug-likeness (QED) is 0.0852. The second-order valence-corrected chi connectivity index (χ2v) is 12.7. The molecule has 15 nitrogen and oxygen atoms in total. The minimum atomic E-state index is -3.12. The molecule has 0 amide bonds. The highest BCUT2D eigenvalue weighted by Crippen LogP contribution is 2.55. The topological polar surface area (TPSA) is 240 Å². The molecule has 0 aliphatic carbocycles. The molecule has 244 valence electrons. The van der Waals surface area contributed by atoms with Crippen LogP contribution in [0, 0.1) is 0 Å². The molecule has 0 unspecified atom stereocenters. The Morgan fingerprint density at radius 3 is 2.29 bits per heavy atom. The fraction of sp³-hybridized carbons (Fsp3) is 0.429. The highest BCUT2D eigenvalue weighted by Gasteiger charge is 2.74. The van der Waals surface area contributed by atoms with Gasteiger partial charge in [-0.2, -0.15) is 0 Å². The van der Waals surface area contributed by atoms with Gasteiger partial charge in [0.2, 0.25) is 10.8 Å². The lowest BCUT2D eigenvalue weighted by molar-refractivity contribution is -0.490. The van der Waals surface area contributed by atoms with Crippen LogP contribution in [-0.4, -0.2) is 121 Å². The summed E-state index contributed by atoms with van der Waals surface area (Å²) < 4.78 is 21.7. The first-order valence-electron chi connectivity index (χ1n) is 13.6. The van der Waals surface area contributed by atoms with Crippen LogP contribution in [0.2, 0.25) is 0 Å². The van der Waals surface area contributed by atoms with Gasteiger partial charge in [0.15, 0.2) is 28.8 Å². The summed E-state index contributed by atoms with van der Waals surface area (Å²) in [4.78, 5) is 2.94. The number of H-pyrrole nitrogens is 1. The van der Waals surface area contributed by atoms with Gasteiger partial charge in [-0.15, -0.1) is 0 Å². The van der Waals surface area contributed by atoms with Crippen molar-refractivity contribution in [3.05, 3.63) is 60.9 Å². The van der Waals surface area contributed by atoms with Gasteiger partial charge in [0, 0.05) is 28.7 Å². The zero-order chi connectivity index (χ0) is 32.5. The van der Waals surface area contributed by atoms with Crippen molar-refractivity contribution in [2.45, 2.75) is 58.1 Å². The van der Waals surface area contributed by atoms with Crippen LogP contribution in [-0.2, 0) is 19.9 Å². The van der Waals surface area contributed by atoms with E-state index in [-0.39, 0.29) is 22.4 Å². The number of aliphatic hydroxyl groups is 8. The summed E-state index contributed by atoms with van der Waals surface area (Å²) in [5.41, 5.74) is -2.47. The third-order valence-electron chi connectivity index (χ3n) is 8.21. The van der Waals surface area contributed by atoms with Crippen molar-refractivity contribution in [2.24, 2.45) is 0 Å². The fourth-order valence-electron chi connectivity index (χ4n) is 5.73. The number of aromatic amines is 1. The van der Waals surface area contributed by atoms with Crippen LogP contribution in [0.25, 0.3) is 21.8 Å². The van der Waals surface area contributed by atoms with E-state index in [1.54, 1.807) is 36.4 Å². The smallest absolute Gasteiger partial charge is 0.360 e. The van der Waals surface area contributed by atoms with Gasteiger partial charge in [-0.1, -0.05) is 35.9 Å². The predicted octanol–water partition coefficient (Wildman–Crippen LogP) is -0.575. The molecule has 2 fully saturated rings. The Hall–Kier alpha value is -2.55. The molecule has 0 spiro atoms. The maximum absolute atomic E-state index is 12.2. The van der Waals surface area contributed by atoms with E-state index in [4.69, 9.17) is 30.5 Å². The van der Waals surface area contributed by atoms with Crippen LogP contribution in [0.15, 0.2) is 60.9 Å². The lowest BCUT2D eigenvalue weighted by atomic mass is 9.90. The zero-order valence-corrected chi connectivity index (χ0v) is 25.4. The van der Waals surface area contributed by atoms with Gasteiger partial charge in [0.25, 0.3) is 0 Å². The van der Waals surface area contributed by atoms with E-state index in [1.807, 2.05) is 0 Å². The molecule has 0 saturated carbocycles. The van der Waals surface area contributed by atoms with Crippen molar-refractivity contribution in [1.29, 1.82) is 0 Å². The summed E-state index contributed by atoms with van der Waals surface area (Å²) >= 11 is 9.51. The molecule has 6 rings (SSSR count). The van der Waals surface area contributed by atoms with Crippen LogP contribution < -0.4 is 4.74 Å². The molecule has 2 aliphatic rings. The summed E-state index contributed by atoms with van der Waals surface area (Å²) in [6.07, 6.45) is -10.2. The predicted molar refractivity (Wildman–Crippen MR) is 157 cm³/mol. The molecule has 0 radical (unpaired) electrons. The average molecular weight is 718 g/mol. The van der Waals surface area contributed by atoms with Crippen molar-refractivity contribution in [1.82, 2.24) is 9.55 Å². The summed E-state index contributed by atoms with van der Waals surface area (Å²) in [5.74, 6) is -3.30. The number of nitrogens with zero attached hydrogens (tertiary/aromatic N) is 1. The van der Waals surface area contributed by atoms with E-state index in [9.17, 15) is 46.0 Å². The van der Waals surface area contributed by atoms with Crippen molar-refractivity contribution in [3.8, 4) is 11.5 Å². The van der Waals surface area contributed by atoms with Gasteiger partial charge in [-0.3, -0.25) is 4.74 Å². The number of para-hydroxylation sites is 2. The summed E-state index contributed by atoms with van der Waals surface area (Å²) in [6.45, 7) is -2.06. The van der Waals surface area contributed by atoms with Crippen molar-refractivity contribution >= 4 is 49.3 Å². The van der Waals surface area contributed by atoms with Crippen LogP contribution in [0.4, 0.5) is 0 Å². The highest BCUT2D eigenvalue weighted by atomic mass is 79.9. The van der Waals surface area contributed by atoms with Gasteiger partial charge in [-0.05, 0) is 40.2 Å². The number of alkyl halides is 2. The van der Waals surface area contributed by atoms with E-state index < -0.39 is 71.3 Å². The second kappa shape index (κ2) is 11.3. The molecule has 10 N–H and O–H groups in total. The normalized spacial score (nSPS) is 39.0. The highest BCUT2D eigenvalue weighted by molar-refractivity contribution is 9.10. The van der Waals surface area contributed by atoms with E-state index in [0.29, 0.717) is 10.9 Å². The number of nitrogens with one attached hydrogen (secondary N) is 1. The first-order valence-corrected chi connectivity index (χ1v) is 14.8. The maximum Gasteiger partial charge on any atom is 0.360 e. The Labute approximate surface area is 267 Å². The number of hydrogen-bond donors (Lipinski definition) is 10. The molecule has 4 heterocycles. The van der Waals surface area contributed by atoms with Crippen molar-refractivity contribution in [3.63, 3.8) is 0 Å². The Morgan fingerprint density at radius 2 is 1.60 bits per heavy atom. The Kier molecular flexibility index (Phi) is 8.14. The maximum atomic E-state index is 12.2. The van der Waals surface area contributed by atoms with Crippen LogP contribution >= 0.6 is 27.5 Å². The van der Waals surface area contributed by atoms with Gasteiger partial charge >= 0.3 is 5.97 Å². The lowest BCUT2D eigenvalue weighted by Crippen LogP contribution is -2.78. The number of benzene rings is 2. The molecular weight excluding hydrogens is 688 g/mol. The molecule has 17 heteroatoms. The van der Waals surface area contributed by atoms with E-state index in [0.717, 1.165) is 10.8 Å². The second-order valence-electron chi connectivity index (χ2n) is 10.9. The number of hydrogen-bond acceptors (Lipinski definition) is 13. The number of ether oxygens (including phenoxy) is 4. The first kappa shape index (κ1) is 32.4. The average Bonchev–Trinajstić information content (AvgIpc) is 3.60. The first-order chi connectivity index (χ1) is 21.2. The molecule has 2 aromatic carbocycles. The third kappa shape index (κ3) is 4.68. The monoisotopic (exact) mass is 716 g/mol. The minimum absolute atomic E-state index is 0.0204. The lowest BCUT2D eigenvalue weighted by Gasteiger charge is -2.57. The van der Waals surface area contributed by atoms with Gasteiger partial charge in [0.1, 0.15) is 24.1 Å².